The largest absolute Gasteiger partial charge is 0.467 e. The van der Waals surface area contributed by atoms with Gasteiger partial charge in [0.25, 0.3) is 0 Å². The highest BCUT2D eigenvalue weighted by atomic mass is 16.5. The summed E-state index contributed by atoms with van der Waals surface area (Å²) in [6.07, 6.45) is 109. The highest BCUT2D eigenvalue weighted by molar-refractivity contribution is 4.94. The van der Waals surface area contributed by atoms with Gasteiger partial charge in [-0.05, 0) is 25.7 Å². The third-order valence-electron chi connectivity index (χ3n) is 20.3. The van der Waals surface area contributed by atoms with Crippen molar-refractivity contribution in [1.82, 2.24) is 0 Å². The van der Waals surface area contributed by atoms with Crippen LogP contribution in [-0.4, -0.2) is 0 Å². The molecule has 0 fully saturated rings. The Morgan fingerprint density at radius 1 is 0.130 bits per heavy atom. The van der Waals surface area contributed by atoms with Crippen LogP contribution in [0.15, 0.2) is 49.4 Å². The van der Waals surface area contributed by atoms with Gasteiger partial charge in [-0.25, -0.2) is 0 Å². The fraction of sp³-hybridized carbons (Fsp3) is 0.911. The van der Waals surface area contributed by atoms with Crippen molar-refractivity contribution in [2.24, 2.45) is 0 Å². The zero-order valence-corrected chi connectivity index (χ0v) is 64.8. The van der Waals surface area contributed by atoms with Crippen LogP contribution in [0.25, 0.3) is 0 Å². The third kappa shape index (κ3) is 86.6. The van der Waals surface area contributed by atoms with Gasteiger partial charge < -0.3 is 9.47 Å². The second-order valence-electron chi connectivity index (χ2n) is 30.1. The van der Waals surface area contributed by atoms with E-state index >= 15 is 0 Å². The quantitative estimate of drug-likeness (QED) is 0.0446. The summed E-state index contributed by atoms with van der Waals surface area (Å²) < 4.78 is 11.9. The van der Waals surface area contributed by atoms with E-state index in [2.05, 4.69) is 54.0 Å². The number of hydrogen-bond acceptors (Lipinski definition) is 2. The number of rotatable bonds is 82. The van der Waals surface area contributed by atoms with Crippen molar-refractivity contribution in [3.8, 4) is 0 Å². The number of allylic oxidation sites excluding steroid dienone is 4. The third-order valence-corrected chi connectivity index (χ3v) is 20.3. The summed E-state index contributed by atoms with van der Waals surface area (Å²) in [4.78, 5) is 0. The van der Waals surface area contributed by atoms with E-state index in [1.54, 1.807) is 0 Å². The Morgan fingerprint density at radius 2 is 0.207 bits per heavy atom. The van der Waals surface area contributed by atoms with Crippen LogP contribution < -0.4 is 0 Å². The molecule has 0 aliphatic carbocycles. The summed E-state index contributed by atoms with van der Waals surface area (Å²) in [5.41, 5.74) is 0. The van der Waals surface area contributed by atoms with Crippen molar-refractivity contribution in [1.29, 1.82) is 0 Å². The Balaban J connectivity index is 0. The lowest BCUT2D eigenvalue weighted by Crippen LogP contribution is -1.93. The van der Waals surface area contributed by atoms with Gasteiger partial charge in [0.1, 0.15) is 0 Å². The fourth-order valence-corrected chi connectivity index (χ4v) is 13.9. The van der Waals surface area contributed by atoms with E-state index in [0.717, 1.165) is 48.7 Å². The topological polar surface area (TPSA) is 18.5 Å². The second-order valence-corrected chi connectivity index (χ2v) is 30.1. The average Bonchev–Trinajstić information content (AvgIpc) is 3.62. The molecule has 548 valence electrons. The smallest absolute Gasteiger partial charge is 0.0964 e. The lowest BCUT2D eigenvalue weighted by Gasteiger charge is -2.11. The predicted molar refractivity (Wildman–Crippen MR) is 422 cm³/mol. The molecule has 2 nitrogen and oxygen atoms in total. The summed E-state index contributed by atoms with van der Waals surface area (Å²) in [6.45, 7) is 25.8. The van der Waals surface area contributed by atoms with Crippen LogP contribution in [-0.2, 0) is 9.47 Å². The van der Waals surface area contributed by atoms with E-state index in [4.69, 9.17) is 9.47 Å². The minimum atomic E-state index is 0.930. The lowest BCUT2D eigenvalue weighted by molar-refractivity contribution is 0.274. The minimum absolute atomic E-state index is 0.930. The number of hydrogen-bond donors (Lipinski definition) is 0. The van der Waals surface area contributed by atoms with Crippen LogP contribution >= 0.6 is 0 Å². The molecule has 0 spiro atoms. The van der Waals surface area contributed by atoms with Crippen molar-refractivity contribution < 1.29 is 9.47 Å². The first-order chi connectivity index (χ1) is 45.4. The maximum atomic E-state index is 5.94. The fourth-order valence-electron chi connectivity index (χ4n) is 13.9. The Labute approximate surface area is 584 Å². The van der Waals surface area contributed by atoms with E-state index in [9.17, 15) is 0 Å². The first-order valence-corrected chi connectivity index (χ1v) is 43.5. The van der Waals surface area contributed by atoms with Crippen LogP contribution in [0.4, 0.5) is 0 Å². The van der Waals surface area contributed by atoms with Crippen LogP contribution in [0.1, 0.15) is 529 Å². The molecule has 0 aromatic rings. The summed E-state index contributed by atoms with van der Waals surface area (Å²) in [7, 11) is 0. The highest BCUT2D eigenvalue weighted by Gasteiger charge is 2.05. The zero-order chi connectivity index (χ0) is 66.9. The van der Waals surface area contributed by atoms with Crippen LogP contribution in [0, 0.1) is 0 Å². The summed E-state index contributed by atoms with van der Waals surface area (Å²) >= 11 is 0. The van der Waals surface area contributed by atoms with Crippen molar-refractivity contribution in [2.45, 2.75) is 529 Å². The van der Waals surface area contributed by atoms with Gasteiger partial charge in [0.15, 0.2) is 0 Å². The molecule has 0 radical (unpaired) electrons. The zero-order valence-electron chi connectivity index (χ0n) is 64.8. The molecule has 0 aromatic heterocycles. The molecule has 0 unspecified atom stereocenters. The molecule has 0 atom stereocenters. The predicted octanol–water partition coefficient (Wildman–Crippen LogP) is 34.6. The molecule has 0 rings (SSSR count). The Hall–Kier alpha value is -1.44. The van der Waals surface area contributed by atoms with Crippen molar-refractivity contribution in [2.75, 3.05) is 0 Å². The van der Waals surface area contributed by atoms with Crippen molar-refractivity contribution >= 4 is 0 Å². The highest BCUT2D eigenvalue weighted by Crippen LogP contribution is 2.23. The van der Waals surface area contributed by atoms with Crippen LogP contribution in [0.5, 0.6) is 0 Å². The minimum Gasteiger partial charge on any atom is -0.467 e. The molecule has 0 heterocycles. The molecule has 0 amide bonds. The van der Waals surface area contributed by atoms with Gasteiger partial charge in [-0.1, -0.05) is 503 Å². The van der Waals surface area contributed by atoms with Crippen LogP contribution in [0.2, 0.25) is 0 Å². The van der Waals surface area contributed by atoms with E-state index in [1.165, 1.54) is 475 Å². The Morgan fingerprint density at radius 3 is 0.293 bits per heavy atom. The standard InChI is InChI=1S/C46H90O.C44H86O/c1-5-7-9-11-13-15-17-19-21-23-25-27-29-31-33-35-37-39-41-43-45(3)47-46(4)44-42-40-38-36-34-32-30-28-26-24-22-20-18-16-14-12-10-8-6-2;1-5-7-9-11-13-15-17-19-21-23-25-27-29-31-33-35-37-39-41-43(3)45-44(4)42-40-38-36-34-32-30-28-26-24-22-20-18-16-14-12-10-8-6-2/h3-44H2,1-2H3;3-42H2,1-2H3. The van der Waals surface area contributed by atoms with E-state index in [-0.39, 0.29) is 0 Å². The molecular weight excluding hydrogens is 1110 g/mol. The summed E-state index contributed by atoms with van der Waals surface area (Å²) in [5.74, 6) is 3.72. The number of ether oxygens (including phenoxy) is 2. The molecular formula is C90H176O2. The molecule has 0 bridgehead atoms. The summed E-state index contributed by atoms with van der Waals surface area (Å²) in [5, 5.41) is 0. The monoisotopic (exact) mass is 1290 g/mol. The van der Waals surface area contributed by atoms with Gasteiger partial charge >= 0.3 is 0 Å². The molecule has 0 saturated heterocycles. The van der Waals surface area contributed by atoms with Crippen LogP contribution in [0.3, 0.4) is 0 Å². The Bertz CT molecular complexity index is 1290. The first-order valence-electron chi connectivity index (χ1n) is 43.5. The normalized spacial score (nSPS) is 11.3. The molecule has 0 aromatic carbocycles. The second kappa shape index (κ2) is 85.6. The van der Waals surface area contributed by atoms with E-state index < -0.39 is 0 Å². The molecule has 0 aliphatic heterocycles. The lowest BCUT2D eigenvalue weighted by atomic mass is 10.0. The van der Waals surface area contributed by atoms with Gasteiger partial charge in [-0.2, -0.15) is 0 Å². The maximum Gasteiger partial charge on any atom is 0.0964 e. The van der Waals surface area contributed by atoms with Gasteiger partial charge in [0.2, 0.25) is 0 Å². The average molecular weight is 1290 g/mol. The Kier molecular flexibility index (Phi) is 86.2. The molecule has 92 heavy (non-hydrogen) atoms. The maximum absolute atomic E-state index is 5.94. The van der Waals surface area contributed by atoms with Gasteiger partial charge in [-0.3, -0.25) is 0 Å². The van der Waals surface area contributed by atoms with Crippen molar-refractivity contribution in [3.05, 3.63) is 49.4 Å². The molecule has 2 heteroatoms. The SMILES string of the molecule is C=C(CCCCCCCCCCCCCCCCCCCC)OC(=C)CCCCCCCCCCCCCCCCCCCC.C=C(CCCCCCCCCCCCCCCCCCCCC)OC(=C)CCCCCCCCCCCCCCCCCCCCC. The van der Waals surface area contributed by atoms with Gasteiger partial charge in [0.05, 0.1) is 23.0 Å². The molecule has 0 N–H and O–H groups in total. The summed E-state index contributed by atoms with van der Waals surface area (Å²) in [6, 6.07) is 0. The van der Waals surface area contributed by atoms with Crippen molar-refractivity contribution in [3.63, 3.8) is 0 Å². The van der Waals surface area contributed by atoms with E-state index in [1.807, 2.05) is 0 Å². The first kappa shape index (κ1) is 92.6. The number of unbranched alkanes of at least 4 members (excludes halogenated alkanes) is 70. The van der Waals surface area contributed by atoms with E-state index in [0.29, 0.717) is 0 Å². The molecule has 0 saturated carbocycles. The van der Waals surface area contributed by atoms with Gasteiger partial charge in [0, 0.05) is 25.7 Å². The molecule has 0 aliphatic rings. The van der Waals surface area contributed by atoms with Gasteiger partial charge in [-0.15, -0.1) is 0 Å².